The quantitative estimate of drug-likeness (QED) is 0.392. The number of hydrogen-bond donors (Lipinski definition) is 0. The maximum atomic E-state index is 4.16. The summed E-state index contributed by atoms with van der Waals surface area (Å²) in [5, 5.41) is 0. The fourth-order valence-electron chi connectivity index (χ4n) is 6.07. The molecule has 25 heavy (non-hydrogen) atoms. The first-order valence-electron chi connectivity index (χ1n) is 10.6. The van der Waals surface area contributed by atoms with E-state index in [0.29, 0.717) is 10.8 Å². The van der Waals surface area contributed by atoms with Gasteiger partial charge in [0.1, 0.15) is 0 Å². The molecule has 0 nitrogen and oxygen atoms in total. The molecule has 0 amide bonds. The first-order valence-corrected chi connectivity index (χ1v) is 10.6. The highest BCUT2D eigenvalue weighted by molar-refractivity contribution is 5.06. The third-order valence-electron chi connectivity index (χ3n) is 7.55. The Morgan fingerprint density at radius 3 is 1.64 bits per heavy atom. The second-order valence-electron chi connectivity index (χ2n) is 8.79. The number of hydrogen-bond acceptors (Lipinski definition) is 0. The van der Waals surface area contributed by atoms with Gasteiger partial charge in [0.2, 0.25) is 0 Å². The maximum absolute atomic E-state index is 4.16. The average Bonchev–Trinajstić information content (AvgIpc) is 2.60. The van der Waals surface area contributed by atoms with E-state index in [1.807, 2.05) is 0 Å². The van der Waals surface area contributed by atoms with Crippen LogP contribution in [-0.2, 0) is 0 Å². The predicted molar refractivity (Wildman–Crippen MR) is 113 cm³/mol. The van der Waals surface area contributed by atoms with E-state index in [-0.39, 0.29) is 0 Å². The van der Waals surface area contributed by atoms with Crippen LogP contribution in [0.2, 0.25) is 0 Å². The molecule has 2 fully saturated rings. The lowest BCUT2D eigenvalue weighted by Gasteiger charge is -2.55. The van der Waals surface area contributed by atoms with E-state index >= 15 is 0 Å². The summed E-state index contributed by atoms with van der Waals surface area (Å²) >= 11 is 0. The van der Waals surface area contributed by atoms with Crippen LogP contribution in [0.3, 0.4) is 0 Å². The third-order valence-corrected chi connectivity index (χ3v) is 7.55. The van der Waals surface area contributed by atoms with Crippen molar-refractivity contribution in [1.29, 1.82) is 0 Å². The zero-order chi connectivity index (χ0) is 18.2. The molecule has 0 spiro atoms. The molecule has 0 aliphatic heterocycles. The molecule has 0 saturated heterocycles. The van der Waals surface area contributed by atoms with E-state index < -0.39 is 0 Å². The topological polar surface area (TPSA) is 0 Å². The fourth-order valence-corrected chi connectivity index (χ4v) is 6.07. The largest absolute Gasteiger partial charge is 0.103 e. The molecule has 0 N–H and O–H groups in total. The van der Waals surface area contributed by atoms with Crippen LogP contribution in [0.25, 0.3) is 0 Å². The van der Waals surface area contributed by atoms with Gasteiger partial charge < -0.3 is 0 Å². The van der Waals surface area contributed by atoms with Gasteiger partial charge in [0.25, 0.3) is 0 Å². The van der Waals surface area contributed by atoms with Crippen molar-refractivity contribution in [2.45, 2.75) is 83.5 Å². The van der Waals surface area contributed by atoms with Crippen LogP contribution < -0.4 is 0 Å². The summed E-state index contributed by atoms with van der Waals surface area (Å²) in [6.45, 7) is 16.3. The summed E-state index contributed by atoms with van der Waals surface area (Å²) in [5.74, 6) is 1.59. The Morgan fingerprint density at radius 2 is 1.20 bits per heavy atom. The van der Waals surface area contributed by atoms with Gasteiger partial charge in [-0.1, -0.05) is 37.1 Å². The molecule has 0 bridgehead atoms. The van der Waals surface area contributed by atoms with Crippen LogP contribution >= 0.6 is 0 Å². The van der Waals surface area contributed by atoms with Gasteiger partial charge in [-0.15, -0.1) is 26.3 Å². The Balaban J connectivity index is 2.23. The fraction of sp³-hybridized carbons (Fsp3) is 0.680. The highest BCUT2D eigenvalue weighted by atomic mass is 14.5. The number of allylic oxidation sites excluding steroid dienone is 4. The van der Waals surface area contributed by atoms with Gasteiger partial charge in [-0.05, 0) is 93.3 Å². The van der Waals surface area contributed by atoms with Gasteiger partial charge >= 0.3 is 0 Å². The molecular formula is C25H40. The van der Waals surface area contributed by atoms with Gasteiger partial charge in [0, 0.05) is 0 Å². The van der Waals surface area contributed by atoms with E-state index in [1.165, 1.54) is 83.5 Å². The lowest BCUT2D eigenvalue weighted by atomic mass is 9.49. The summed E-state index contributed by atoms with van der Waals surface area (Å²) < 4.78 is 0. The van der Waals surface area contributed by atoms with E-state index in [0.717, 1.165) is 11.8 Å². The monoisotopic (exact) mass is 340 g/mol. The second-order valence-corrected chi connectivity index (χ2v) is 8.79. The predicted octanol–water partition coefficient (Wildman–Crippen LogP) is 8.03. The van der Waals surface area contributed by atoms with Crippen LogP contribution in [0.15, 0.2) is 50.6 Å². The first-order chi connectivity index (χ1) is 12.1. The SMILES string of the molecule is C=CCC1CCC(CC=C)(C2(CC=C)CCCC(C=C)CCC2)CC1. The van der Waals surface area contributed by atoms with Crippen molar-refractivity contribution < 1.29 is 0 Å². The average molecular weight is 341 g/mol. The van der Waals surface area contributed by atoms with Crippen LogP contribution in [0.5, 0.6) is 0 Å². The Kier molecular flexibility index (Phi) is 7.79. The molecule has 0 unspecified atom stereocenters. The number of rotatable bonds is 8. The molecule has 140 valence electrons. The van der Waals surface area contributed by atoms with E-state index in [2.05, 4.69) is 50.6 Å². The van der Waals surface area contributed by atoms with Crippen molar-refractivity contribution in [3.8, 4) is 0 Å². The maximum Gasteiger partial charge on any atom is -0.0203 e. The minimum atomic E-state index is 0.439. The molecule has 0 heterocycles. The molecule has 0 aromatic carbocycles. The summed E-state index contributed by atoms with van der Waals surface area (Å²) in [7, 11) is 0. The summed E-state index contributed by atoms with van der Waals surface area (Å²) in [4.78, 5) is 0. The molecule has 2 saturated carbocycles. The van der Waals surface area contributed by atoms with Crippen LogP contribution in [0.1, 0.15) is 83.5 Å². The van der Waals surface area contributed by atoms with Crippen molar-refractivity contribution in [1.82, 2.24) is 0 Å². The molecule has 2 aliphatic carbocycles. The van der Waals surface area contributed by atoms with Crippen LogP contribution in [-0.4, -0.2) is 0 Å². The minimum absolute atomic E-state index is 0.439. The van der Waals surface area contributed by atoms with Gasteiger partial charge in [-0.2, -0.15) is 0 Å². The second kappa shape index (κ2) is 9.60. The molecule has 0 atom stereocenters. The van der Waals surface area contributed by atoms with Gasteiger partial charge in [-0.25, -0.2) is 0 Å². The molecule has 0 heteroatoms. The van der Waals surface area contributed by atoms with Crippen molar-refractivity contribution in [3.63, 3.8) is 0 Å². The first kappa shape index (κ1) is 20.3. The van der Waals surface area contributed by atoms with Crippen molar-refractivity contribution >= 4 is 0 Å². The summed E-state index contributed by atoms with van der Waals surface area (Å²) in [6, 6.07) is 0. The van der Waals surface area contributed by atoms with Crippen molar-refractivity contribution in [3.05, 3.63) is 50.6 Å². The Labute approximate surface area is 157 Å². The van der Waals surface area contributed by atoms with Gasteiger partial charge in [-0.3, -0.25) is 0 Å². The van der Waals surface area contributed by atoms with Crippen LogP contribution in [0.4, 0.5) is 0 Å². The van der Waals surface area contributed by atoms with Crippen molar-refractivity contribution in [2.75, 3.05) is 0 Å². The summed E-state index contributed by atoms with van der Waals surface area (Å²) in [6.07, 6.45) is 25.9. The van der Waals surface area contributed by atoms with Crippen molar-refractivity contribution in [2.24, 2.45) is 22.7 Å². The van der Waals surface area contributed by atoms with Gasteiger partial charge in [0.05, 0.1) is 0 Å². The van der Waals surface area contributed by atoms with E-state index in [9.17, 15) is 0 Å². The zero-order valence-corrected chi connectivity index (χ0v) is 16.5. The highest BCUT2D eigenvalue weighted by Gasteiger charge is 2.50. The normalized spacial score (nSPS) is 36.6. The molecule has 0 aromatic heterocycles. The summed E-state index contributed by atoms with van der Waals surface area (Å²) in [5.41, 5.74) is 0.885. The molecule has 2 rings (SSSR count). The molecule has 0 aromatic rings. The van der Waals surface area contributed by atoms with Crippen LogP contribution in [0, 0.1) is 22.7 Å². The molecule has 0 radical (unpaired) electrons. The third kappa shape index (κ3) is 4.57. The molecule has 2 aliphatic rings. The van der Waals surface area contributed by atoms with Gasteiger partial charge in [0.15, 0.2) is 0 Å². The van der Waals surface area contributed by atoms with E-state index in [1.54, 1.807) is 0 Å². The Bertz CT molecular complexity index is 437. The standard InChI is InChI=1S/C25H40/c1-5-11-23-14-20-25(17-7-3,21-15-23)24(16-6-2)18-9-12-22(8-4)13-10-19-24/h5-8,22-23H,1-4,9-21H2. The lowest BCUT2D eigenvalue weighted by molar-refractivity contribution is -0.0346. The highest BCUT2D eigenvalue weighted by Crippen LogP contribution is 2.60. The Hall–Kier alpha value is -1.04. The minimum Gasteiger partial charge on any atom is -0.103 e. The molecular weight excluding hydrogens is 300 g/mol. The Morgan fingerprint density at radius 1 is 0.680 bits per heavy atom. The lowest BCUT2D eigenvalue weighted by Crippen LogP contribution is -2.45. The smallest absolute Gasteiger partial charge is 0.0203 e. The van der Waals surface area contributed by atoms with E-state index in [4.69, 9.17) is 0 Å². The zero-order valence-electron chi connectivity index (χ0n) is 16.5.